The largest absolute Gasteiger partial charge is 0.481 e. The maximum absolute atomic E-state index is 11.9. The number of aliphatic carboxylic acids is 1. The van der Waals surface area contributed by atoms with Crippen molar-refractivity contribution in [2.75, 3.05) is 28.4 Å². The van der Waals surface area contributed by atoms with Gasteiger partial charge in [0.2, 0.25) is 0 Å². The van der Waals surface area contributed by atoms with Gasteiger partial charge in [-0.1, -0.05) is 34.6 Å². The summed E-state index contributed by atoms with van der Waals surface area (Å²) < 4.78 is 77.6. The zero-order chi connectivity index (χ0) is 46.9. The average molecular weight is 917 g/mol. The Bertz CT molecular complexity index is 1600. The van der Waals surface area contributed by atoms with Gasteiger partial charge >= 0.3 is 5.97 Å². The highest BCUT2D eigenvalue weighted by Gasteiger charge is 2.64. The van der Waals surface area contributed by atoms with E-state index in [4.69, 9.17) is 56.8 Å². The Hall–Kier alpha value is -1.13. The van der Waals surface area contributed by atoms with E-state index >= 15 is 0 Å². The lowest BCUT2D eigenvalue weighted by molar-refractivity contribution is -0.365. The van der Waals surface area contributed by atoms with Gasteiger partial charge in [-0.15, -0.1) is 0 Å². The minimum atomic E-state index is -2.03. The summed E-state index contributed by atoms with van der Waals surface area (Å²) in [6.07, 6.45) is -3.18. The van der Waals surface area contributed by atoms with Gasteiger partial charge in [0.05, 0.1) is 78.7 Å². The molecule has 24 atom stereocenters. The fourth-order valence-electron chi connectivity index (χ4n) is 12.7. The zero-order valence-corrected chi connectivity index (χ0v) is 40.4. The van der Waals surface area contributed by atoms with Gasteiger partial charge in [-0.2, -0.15) is 0 Å². The van der Waals surface area contributed by atoms with Crippen molar-refractivity contribution in [3.63, 3.8) is 0 Å². The third-order valence-electron chi connectivity index (χ3n) is 16.8. The first-order chi connectivity index (χ1) is 30.0. The number of aliphatic hydroxyl groups excluding tert-OH is 1. The van der Waals surface area contributed by atoms with Gasteiger partial charge in [0, 0.05) is 77.8 Å². The van der Waals surface area contributed by atoms with Crippen LogP contribution in [0.15, 0.2) is 0 Å². The molecule has 17 nitrogen and oxygen atoms in total. The van der Waals surface area contributed by atoms with E-state index in [9.17, 15) is 25.2 Å². The monoisotopic (exact) mass is 917 g/mol. The van der Waals surface area contributed by atoms with Crippen LogP contribution in [-0.2, 0) is 61.6 Å². The minimum absolute atomic E-state index is 0.0406. The van der Waals surface area contributed by atoms with Crippen molar-refractivity contribution in [2.45, 2.75) is 234 Å². The minimum Gasteiger partial charge on any atom is -0.481 e. The van der Waals surface area contributed by atoms with E-state index in [0.717, 1.165) is 6.42 Å². The van der Waals surface area contributed by atoms with E-state index in [2.05, 4.69) is 13.8 Å². The topological polar surface area (TPSA) is 209 Å². The molecule has 0 amide bonds. The number of carboxylic acid groups (broad SMARTS) is 1. The van der Waals surface area contributed by atoms with Crippen LogP contribution in [0.3, 0.4) is 0 Å². The van der Waals surface area contributed by atoms with E-state index in [1.807, 2.05) is 34.6 Å². The Balaban J connectivity index is 1.09. The van der Waals surface area contributed by atoms with Gasteiger partial charge in [0.25, 0.3) is 0 Å². The Morgan fingerprint density at radius 2 is 1.45 bits per heavy atom. The Kier molecular flexibility index (Phi) is 15.1. The first-order valence-electron chi connectivity index (χ1n) is 23.8. The molecule has 7 aliphatic heterocycles. The van der Waals surface area contributed by atoms with Crippen LogP contribution < -0.4 is 0 Å². The maximum Gasteiger partial charge on any atom is 0.308 e. The first-order valence-corrected chi connectivity index (χ1v) is 23.8. The van der Waals surface area contributed by atoms with Crippen molar-refractivity contribution in [1.82, 2.24) is 0 Å². The highest BCUT2D eigenvalue weighted by atomic mass is 16.7. The van der Waals surface area contributed by atoms with Gasteiger partial charge in [-0.3, -0.25) is 4.79 Å². The second-order valence-corrected chi connectivity index (χ2v) is 21.3. The molecule has 0 aromatic heterocycles. The molecule has 7 rings (SSSR count). The van der Waals surface area contributed by atoms with Crippen molar-refractivity contribution >= 4 is 5.97 Å². The lowest BCUT2D eigenvalue weighted by Gasteiger charge is -2.53. The van der Waals surface area contributed by atoms with Crippen LogP contribution in [0.4, 0.5) is 0 Å². The Morgan fingerprint density at radius 1 is 0.766 bits per heavy atom. The van der Waals surface area contributed by atoms with Crippen LogP contribution in [0.1, 0.15) is 120 Å². The summed E-state index contributed by atoms with van der Waals surface area (Å²) in [6, 6.07) is 0. The van der Waals surface area contributed by atoms with Crippen LogP contribution in [0.5, 0.6) is 0 Å². The molecule has 64 heavy (non-hydrogen) atoms. The highest BCUT2D eigenvalue weighted by molar-refractivity contribution is 5.68. The van der Waals surface area contributed by atoms with E-state index in [1.165, 1.54) is 14.2 Å². The molecule has 7 saturated heterocycles. The van der Waals surface area contributed by atoms with Crippen molar-refractivity contribution < 1.29 is 82.1 Å². The molecule has 17 heteroatoms. The standard InChI is InChI=1S/C47H80O17/c1-23-18-24(2)45(9,51)61-36(23)31-19-32(58-35-20-30(53-10)40(55-12)28(6)57-35)42(59-31)44(8)15-14-33(60-44)43(7)16-17-46(64-43)21-29(48)25(3)37(62-46)26(4)38-41(56-13)39(54-11)27(5)47(52,63-38)22-34(49)50/h23-33,35-42,48,51-52H,14-22H2,1-13H3,(H,49,50)/t23-,24+,25+,26+,27-,28-,29-,30-,31+,32-,33+,35+,36-,37-,38-,39-,40-,41-,42+,43-,44-,45-,46+,47+/m1/s1. The summed E-state index contributed by atoms with van der Waals surface area (Å²) in [7, 11) is 6.37. The Labute approximate surface area is 379 Å². The van der Waals surface area contributed by atoms with Crippen LogP contribution in [0, 0.1) is 29.6 Å². The predicted molar refractivity (Wildman–Crippen MR) is 228 cm³/mol. The molecule has 7 heterocycles. The number of ether oxygens (including phenoxy) is 12. The lowest BCUT2D eigenvalue weighted by Crippen LogP contribution is -2.65. The molecule has 0 aromatic carbocycles. The van der Waals surface area contributed by atoms with Crippen molar-refractivity contribution in [2.24, 2.45) is 29.6 Å². The molecule has 0 unspecified atom stereocenters. The smallest absolute Gasteiger partial charge is 0.308 e. The first kappa shape index (κ1) is 50.7. The van der Waals surface area contributed by atoms with Gasteiger partial charge in [0.1, 0.15) is 18.3 Å². The van der Waals surface area contributed by atoms with Crippen LogP contribution in [-0.4, -0.2) is 169 Å². The lowest BCUT2D eigenvalue weighted by atomic mass is 9.75. The SMILES string of the molecule is CO[C@@H]1[C@@H]([C@@H](C)[C@@H]2O[C@]3(CC[C@](C)([C@@H]4CC[C@](C)([C@H]5O[C@H]([C@@H]6O[C@@](C)(O)[C@@H](C)C[C@H]6C)C[C@H]5O[C@H]5C[C@@H](OC)[C@H](OC)[C@@H](C)O5)O4)O3)C[C@@H](O)[C@@H]2C)O[C@@](O)(CC(=O)O)[C@H](C)[C@H]1OC. The Morgan fingerprint density at radius 3 is 2.09 bits per heavy atom. The van der Waals surface area contributed by atoms with Gasteiger partial charge in [0.15, 0.2) is 23.7 Å². The molecule has 1 spiro atoms. The molecular weight excluding hydrogens is 837 g/mol. The van der Waals surface area contributed by atoms with Crippen LogP contribution in [0.2, 0.25) is 0 Å². The van der Waals surface area contributed by atoms with Crippen molar-refractivity contribution in [3.05, 3.63) is 0 Å². The second kappa shape index (κ2) is 19.0. The molecule has 370 valence electrons. The quantitative estimate of drug-likeness (QED) is 0.203. The molecule has 0 saturated carbocycles. The fourth-order valence-corrected chi connectivity index (χ4v) is 12.7. The van der Waals surface area contributed by atoms with Crippen molar-refractivity contribution in [3.8, 4) is 0 Å². The highest BCUT2D eigenvalue weighted by Crippen LogP contribution is 2.55. The number of aliphatic hydroxyl groups is 3. The van der Waals surface area contributed by atoms with Crippen molar-refractivity contribution in [1.29, 1.82) is 0 Å². The summed E-state index contributed by atoms with van der Waals surface area (Å²) in [4.78, 5) is 11.9. The van der Waals surface area contributed by atoms with Gasteiger partial charge in [-0.05, 0) is 59.3 Å². The predicted octanol–water partition coefficient (Wildman–Crippen LogP) is 4.32. The summed E-state index contributed by atoms with van der Waals surface area (Å²) in [5, 5.41) is 44.3. The molecular formula is C47H80O17. The molecule has 7 fully saturated rings. The molecule has 0 bridgehead atoms. The summed E-state index contributed by atoms with van der Waals surface area (Å²) in [5.41, 5.74) is -1.60. The van der Waals surface area contributed by atoms with E-state index < -0.39 is 102 Å². The number of hydrogen-bond donors (Lipinski definition) is 4. The number of methoxy groups -OCH3 is 4. The van der Waals surface area contributed by atoms with E-state index in [-0.39, 0.29) is 60.8 Å². The molecule has 0 aliphatic carbocycles. The molecule has 4 N–H and O–H groups in total. The summed E-state index contributed by atoms with van der Waals surface area (Å²) in [6.45, 7) is 17.5. The van der Waals surface area contributed by atoms with Gasteiger partial charge < -0.3 is 77.3 Å². The van der Waals surface area contributed by atoms with E-state index in [1.54, 1.807) is 28.1 Å². The van der Waals surface area contributed by atoms with Crippen LogP contribution >= 0.6 is 0 Å². The zero-order valence-electron chi connectivity index (χ0n) is 40.4. The third kappa shape index (κ3) is 9.46. The average Bonchev–Trinajstić information content (AvgIpc) is 3.94. The summed E-state index contributed by atoms with van der Waals surface area (Å²) >= 11 is 0. The van der Waals surface area contributed by atoms with E-state index in [0.29, 0.717) is 38.5 Å². The number of rotatable bonds is 13. The second-order valence-electron chi connectivity index (χ2n) is 21.3. The maximum atomic E-state index is 11.9. The normalized spacial score (nSPS) is 54.1. The number of carboxylic acids is 1. The molecule has 0 radical (unpaired) electrons. The van der Waals surface area contributed by atoms with Crippen LogP contribution in [0.25, 0.3) is 0 Å². The van der Waals surface area contributed by atoms with Gasteiger partial charge in [-0.25, -0.2) is 0 Å². The third-order valence-corrected chi connectivity index (χ3v) is 16.8. The number of hydrogen-bond acceptors (Lipinski definition) is 16. The molecule has 7 aliphatic rings. The summed E-state index contributed by atoms with van der Waals surface area (Å²) in [5.74, 6) is -7.18. The fraction of sp³-hybridized carbons (Fsp3) is 0.979. The number of carbonyl (C=O) groups is 1. The molecule has 0 aromatic rings.